The van der Waals surface area contributed by atoms with Gasteiger partial charge in [0.2, 0.25) is 0 Å². The normalized spacial score (nSPS) is 17.4. The van der Waals surface area contributed by atoms with Gasteiger partial charge >= 0.3 is 6.03 Å². The zero-order chi connectivity index (χ0) is 14.5. The maximum atomic E-state index is 12.1. The van der Waals surface area contributed by atoms with Crippen LogP contribution in [0.15, 0.2) is 24.3 Å². The van der Waals surface area contributed by atoms with Gasteiger partial charge in [-0.1, -0.05) is 24.3 Å². The van der Waals surface area contributed by atoms with Gasteiger partial charge in [0.1, 0.15) is 0 Å². The average molecular weight is 288 g/mol. The minimum Gasteiger partial charge on any atom is -0.381 e. The summed E-state index contributed by atoms with van der Waals surface area (Å²) in [4.78, 5) is 14.0. The number of carbonyl (C=O) groups excluding carboxylic acids is 1. The van der Waals surface area contributed by atoms with Crippen molar-refractivity contribution in [2.45, 2.75) is 32.2 Å². The summed E-state index contributed by atoms with van der Waals surface area (Å²) in [6.07, 6.45) is 4.50. The number of carbonyl (C=O) groups is 1. The molecule has 0 spiro atoms. The van der Waals surface area contributed by atoms with E-state index in [9.17, 15) is 4.79 Å². The highest BCUT2D eigenvalue weighted by Crippen LogP contribution is 2.28. The van der Waals surface area contributed by atoms with Crippen molar-refractivity contribution in [2.24, 2.45) is 5.92 Å². The lowest BCUT2D eigenvalue weighted by Crippen LogP contribution is -2.43. The molecular formula is C17H24N2O2. The monoisotopic (exact) mass is 288 g/mol. The Balaban J connectivity index is 1.34. The van der Waals surface area contributed by atoms with Crippen molar-refractivity contribution < 1.29 is 9.53 Å². The minimum atomic E-state index is 0.0479. The van der Waals surface area contributed by atoms with Gasteiger partial charge in [-0.05, 0) is 42.7 Å². The quantitative estimate of drug-likeness (QED) is 0.817. The molecule has 0 radical (unpaired) electrons. The van der Waals surface area contributed by atoms with E-state index >= 15 is 0 Å². The predicted octanol–water partition coefficient (Wildman–Crippen LogP) is 2.57. The number of rotatable bonds is 6. The van der Waals surface area contributed by atoms with Crippen LogP contribution in [0.5, 0.6) is 0 Å². The van der Waals surface area contributed by atoms with E-state index in [4.69, 9.17) is 4.74 Å². The Bertz CT molecular complexity index is 485. The summed E-state index contributed by atoms with van der Waals surface area (Å²) < 4.78 is 5.57. The second-order valence-electron chi connectivity index (χ2n) is 6.04. The molecule has 0 aromatic heterocycles. The largest absolute Gasteiger partial charge is 0.381 e. The number of ether oxygens (including phenoxy) is 1. The molecule has 1 aromatic rings. The van der Waals surface area contributed by atoms with Gasteiger partial charge < -0.3 is 15.0 Å². The van der Waals surface area contributed by atoms with E-state index in [0.29, 0.717) is 6.54 Å². The maximum absolute atomic E-state index is 12.1. The highest BCUT2D eigenvalue weighted by molar-refractivity contribution is 5.74. The molecule has 1 N–H and O–H groups in total. The summed E-state index contributed by atoms with van der Waals surface area (Å²) in [7, 11) is 0. The molecule has 2 aliphatic rings. The Hall–Kier alpha value is -1.55. The van der Waals surface area contributed by atoms with Gasteiger partial charge in [0, 0.05) is 32.8 Å². The van der Waals surface area contributed by atoms with E-state index in [1.807, 2.05) is 11.0 Å². The Morgan fingerprint density at radius 3 is 2.90 bits per heavy atom. The van der Waals surface area contributed by atoms with Crippen molar-refractivity contribution in [2.75, 3.05) is 26.3 Å². The topological polar surface area (TPSA) is 41.6 Å². The van der Waals surface area contributed by atoms with Crippen LogP contribution in [0.4, 0.5) is 4.79 Å². The number of hydrogen-bond acceptors (Lipinski definition) is 2. The average Bonchev–Trinajstić information content (AvgIpc) is 3.34. The second kappa shape index (κ2) is 6.94. The number of nitrogens with one attached hydrogen (secondary N) is 1. The first-order valence-electron chi connectivity index (χ1n) is 8.00. The van der Waals surface area contributed by atoms with Crippen LogP contribution in [0.3, 0.4) is 0 Å². The highest BCUT2D eigenvalue weighted by Gasteiger charge is 2.21. The Labute approximate surface area is 126 Å². The fraction of sp³-hybridized carbons (Fsp3) is 0.588. The van der Waals surface area contributed by atoms with Crippen LogP contribution < -0.4 is 5.32 Å². The number of hydrogen-bond donors (Lipinski definition) is 1. The predicted molar refractivity (Wildman–Crippen MR) is 82.1 cm³/mol. The van der Waals surface area contributed by atoms with Gasteiger partial charge in [-0.2, -0.15) is 0 Å². The number of fused-ring (bicyclic) bond motifs is 1. The minimum absolute atomic E-state index is 0.0479. The molecular weight excluding hydrogens is 264 g/mol. The van der Waals surface area contributed by atoms with Crippen molar-refractivity contribution in [3.63, 3.8) is 0 Å². The van der Waals surface area contributed by atoms with E-state index in [0.717, 1.165) is 45.1 Å². The molecule has 0 saturated heterocycles. The van der Waals surface area contributed by atoms with Gasteiger partial charge in [0.05, 0.1) is 0 Å². The molecule has 1 aromatic carbocycles. The summed E-state index contributed by atoms with van der Waals surface area (Å²) in [6.45, 7) is 3.87. The van der Waals surface area contributed by atoms with Crippen LogP contribution in [0.1, 0.15) is 30.4 Å². The van der Waals surface area contributed by atoms with E-state index in [1.54, 1.807) is 0 Å². The zero-order valence-electron chi connectivity index (χ0n) is 12.5. The van der Waals surface area contributed by atoms with Crippen LogP contribution in [-0.2, 0) is 17.7 Å². The van der Waals surface area contributed by atoms with E-state index in [-0.39, 0.29) is 6.03 Å². The lowest BCUT2D eigenvalue weighted by Gasteiger charge is -2.28. The molecule has 4 heteroatoms. The third-order valence-corrected chi connectivity index (χ3v) is 4.21. The van der Waals surface area contributed by atoms with Gasteiger partial charge in [0.15, 0.2) is 0 Å². The molecule has 0 atom stereocenters. The molecule has 3 rings (SSSR count). The summed E-state index contributed by atoms with van der Waals surface area (Å²) in [5, 5.41) is 2.99. The summed E-state index contributed by atoms with van der Waals surface area (Å²) in [5.41, 5.74) is 2.64. The third-order valence-electron chi connectivity index (χ3n) is 4.21. The van der Waals surface area contributed by atoms with Crippen molar-refractivity contribution in [1.29, 1.82) is 0 Å². The summed E-state index contributed by atoms with van der Waals surface area (Å²) >= 11 is 0. The molecule has 2 amide bonds. The smallest absolute Gasteiger partial charge is 0.317 e. The van der Waals surface area contributed by atoms with Gasteiger partial charge in [0.25, 0.3) is 0 Å². The fourth-order valence-corrected chi connectivity index (χ4v) is 2.68. The molecule has 1 aliphatic heterocycles. The van der Waals surface area contributed by atoms with Crippen LogP contribution in [0, 0.1) is 5.92 Å². The van der Waals surface area contributed by atoms with Crippen LogP contribution in [-0.4, -0.2) is 37.2 Å². The molecule has 1 fully saturated rings. The van der Waals surface area contributed by atoms with Gasteiger partial charge in [-0.3, -0.25) is 0 Å². The lowest BCUT2D eigenvalue weighted by molar-refractivity contribution is 0.121. The van der Waals surface area contributed by atoms with Crippen molar-refractivity contribution in [1.82, 2.24) is 10.2 Å². The molecule has 21 heavy (non-hydrogen) atoms. The van der Waals surface area contributed by atoms with E-state index in [1.165, 1.54) is 24.0 Å². The first kappa shape index (κ1) is 14.4. The Morgan fingerprint density at radius 2 is 2.10 bits per heavy atom. The molecule has 1 heterocycles. The van der Waals surface area contributed by atoms with Crippen molar-refractivity contribution in [3.05, 3.63) is 35.4 Å². The number of urea groups is 1. The van der Waals surface area contributed by atoms with Gasteiger partial charge in [-0.15, -0.1) is 0 Å². The molecule has 114 valence electrons. The summed E-state index contributed by atoms with van der Waals surface area (Å²) in [5.74, 6) is 0.813. The van der Waals surface area contributed by atoms with E-state index < -0.39 is 0 Å². The van der Waals surface area contributed by atoms with Crippen molar-refractivity contribution in [3.8, 4) is 0 Å². The molecule has 4 nitrogen and oxygen atoms in total. The first-order chi connectivity index (χ1) is 10.3. The SMILES string of the molecule is O=C(NCCCOCC1CC1)N1CCc2ccccc2C1. The first-order valence-corrected chi connectivity index (χ1v) is 8.00. The van der Waals surface area contributed by atoms with Crippen LogP contribution >= 0.6 is 0 Å². The van der Waals surface area contributed by atoms with Gasteiger partial charge in [-0.25, -0.2) is 4.79 Å². The number of amides is 2. The molecule has 1 saturated carbocycles. The number of benzene rings is 1. The molecule has 0 unspecified atom stereocenters. The Morgan fingerprint density at radius 1 is 1.29 bits per heavy atom. The maximum Gasteiger partial charge on any atom is 0.317 e. The fourth-order valence-electron chi connectivity index (χ4n) is 2.68. The standard InChI is InChI=1S/C17H24N2O2/c20-17(18-9-3-11-21-13-14-6-7-14)19-10-8-15-4-1-2-5-16(15)12-19/h1-2,4-5,14H,3,6-13H2,(H,18,20). The number of nitrogens with zero attached hydrogens (tertiary/aromatic N) is 1. The molecule has 1 aliphatic carbocycles. The molecule has 0 bridgehead atoms. The Kier molecular flexibility index (Phi) is 4.76. The third kappa shape index (κ3) is 4.21. The van der Waals surface area contributed by atoms with Crippen LogP contribution in [0.25, 0.3) is 0 Å². The zero-order valence-corrected chi connectivity index (χ0v) is 12.5. The summed E-state index contributed by atoms with van der Waals surface area (Å²) in [6, 6.07) is 8.42. The van der Waals surface area contributed by atoms with Crippen LogP contribution in [0.2, 0.25) is 0 Å². The van der Waals surface area contributed by atoms with E-state index in [2.05, 4.69) is 23.5 Å². The second-order valence-corrected chi connectivity index (χ2v) is 6.04. The highest BCUT2D eigenvalue weighted by atomic mass is 16.5. The lowest BCUT2D eigenvalue weighted by atomic mass is 10.0. The van der Waals surface area contributed by atoms with Crippen molar-refractivity contribution >= 4 is 6.03 Å².